The largest absolute Gasteiger partial charge is 0.494 e. The topological polar surface area (TPSA) is 35.5 Å². The van der Waals surface area contributed by atoms with E-state index >= 15 is 0 Å². The Bertz CT molecular complexity index is 728. The summed E-state index contributed by atoms with van der Waals surface area (Å²) in [6, 6.07) is 14.7. The molecule has 3 nitrogen and oxygen atoms in total. The van der Waals surface area contributed by atoms with E-state index in [0.717, 1.165) is 30.3 Å². The third kappa shape index (κ3) is 6.92. The van der Waals surface area contributed by atoms with Crippen molar-refractivity contribution in [1.82, 2.24) is 0 Å². The molecule has 0 unspecified atom stereocenters. The summed E-state index contributed by atoms with van der Waals surface area (Å²) < 4.78 is 11.2. The number of unbranched alkanes of at least 4 members (excludes halogenated alkanes) is 5. The smallest absolute Gasteiger partial charge is 0.343 e. The second-order valence-corrected chi connectivity index (χ2v) is 7.23. The van der Waals surface area contributed by atoms with Crippen molar-refractivity contribution >= 4 is 5.97 Å². The Morgan fingerprint density at radius 1 is 0.759 bits per heavy atom. The molecule has 0 aliphatic heterocycles. The molecule has 1 fully saturated rings. The van der Waals surface area contributed by atoms with Crippen LogP contribution in [0.4, 0.5) is 0 Å². The fourth-order valence-corrected chi connectivity index (χ4v) is 3.21. The molecule has 0 heterocycles. The van der Waals surface area contributed by atoms with Crippen molar-refractivity contribution in [3.8, 4) is 11.5 Å². The Kier molecular flexibility index (Phi) is 8.60. The van der Waals surface area contributed by atoms with Gasteiger partial charge >= 0.3 is 5.97 Å². The summed E-state index contributed by atoms with van der Waals surface area (Å²) in [5.41, 5.74) is 1.61. The third-order valence-corrected chi connectivity index (χ3v) is 4.92. The van der Waals surface area contributed by atoms with E-state index in [0.29, 0.717) is 11.3 Å². The van der Waals surface area contributed by atoms with Crippen LogP contribution in [0.1, 0.15) is 61.4 Å². The van der Waals surface area contributed by atoms with Gasteiger partial charge < -0.3 is 9.47 Å². The third-order valence-electron chi connectivity index (χ3n) is 4.92. The first-order chi connectivity index (χ1) is 14.3. The molecule has 0 bridgehead atoms. The molecular weight excluding hydrogens is 360 g/mol. The van der Waals surface area contributed by atoms with E-state index in [4.69, 9.17) is 9.47 Å². The van der Waals surface area contributed by atoms with E-state index in [9.17, 15) is 4.79 Å². The molecule has 3 heteroatoms. The number of hydrogen-bond acceptors (Lipinski definition) is 3. The zero-order valence-electron chi connectivity index (χ0n) is 17.1. The molecule has 1 aliphatic carbocycles. The van der Waals surface area contributed by atoms with Gasteiger partial charge in [-0.15, -0.1) is 0 Å². The summed E-state index contributed by atoms with van der Waals surface area (Å²) >= 11 is 0. The van der Waals surface area contributed by atoms with Crippen LogP contribution >= 0.6 is 0 Å². The van der Waals surface area contributed by atoms with E-state index in [1.165, 1.54) is 32.1 Å². The summed E-state index contributed by atoms with van der Waals surface area (Å²) in [5.74, 6) is 2.10. The number of carbonyl (C=O) groups is 1. The first-order valence-corrected chi connectivity index (χ1v) is 10.5. The molecule has 5 radical (unpaired) electrons. The summed E-state index contributed by atoms with van der Waals surface area (Å²) in [6.07, 6.45) is 15.5. The Labute approximate surface area is 175 Å². The van der Waals surface area contributed by atoms with Crippen LogP contribution in [-0.2, 0) is 0 Å². The lowest BCUT2D eigenvalue weighted by Crippen LogP contribution is -2.08. The second-order valence-electron chi connectivity index (χ2n) is 7.23. The van der Waals surface area contributed by atoms with Crippen molar-refractivity contribution in [1.29, 1.82) is 0 Å². The predicted octanol–water partition coefficient (Wildman–Crippen LogP) is 6.40. The summed E-state index contributed by atoms with van der Waals surface area (Å²) in [5, 5.41) is 0. The quantitative estimate of drug-likeness (QED) is 0.253. The molecule has 0 aromatic heterocycles. The van der Waals surface area contributed by atoms with Crippen molar-refractivity contribution in [2.24, 2.45) is 0 Å². The van der Waals surface area contributed by atoms with Gasteiger partial charge in [-0.3, -0.25) is 0 Å². The molecular formula is C26H29O3. The molecule has 2 aromatic carbocycles. The standard InChI is InChI=1S/C26H29O3/c1-2-3-4-5-6-9-20-28-24-16-18-25(19-17-24)29-26(27)23-14-12-22(13-15-23)21-10-7-8-11-21/h7-8,10-19H,2-6,9,20H2,1H3. The maximum atomic E-state index is 12.4. The first kappa shape index (κ1) is 21.4. The van der Waals surface area contributed by atoms with Gasteiger partial charge in [-0.25, -0.2) is 4.79 Å². The first-order valence-electron chi connectivity index (χ1n) is 10.5. The Morgan fingerprint density at radius 3 is 2.07 bits per heavy atom. The Morgan fingerprint density at radius 2 is 1.38 bits per heavy atom. The molecule has 0 N–H and O–H groups in total. The highest BCUT2D eigenvalue weighted by atomic mass is 16.5. The van der Waals surface area contributed by atoms with Crippen LogP contribution < -0.4 is 9.47 Å². The van der Waals surface area contributed by atoms with Crippen molar-refractivity contribution in [2.75, 3.05) is 6.61 Å². The molecule has 3 rings (SSSR count). The van der Waals surface area contributed by atoms with Crippen LogP contribution in [0.2, 0.25) is 0 Å². The van der Waals surface area contributed by atoms with E-state index in [1.54, 1.807) is 24.3 Å². The average Bonchev–Trinajstić information content (AvgIpc) is 3.29. The minimum absolute atomic E-state index is 0.361. The number of esters is 1. The molecule has 0 saturated heterocycles. The molecule has 0 amide bonds. The number of benzene rings is 2. The number of hydrogen-bond donors (Lipinski definition) is 0. The maximum absolute atomic E-state index is 12.4. The van der Waals surface area contributed by atoms with Crippen LogP contribution in [0.25, 0.3) is 0 Å². The lowest BCUT2D eigenvalue weighted by molar-refractivity contribution is 0.0734. The molecule has 29 heavy (non-hydrogen) atoms. The van der Waals surface area contributed by atoms with Crippen LogP contribution in [0.15, 0.2) is 48.5 Å². The summed E-state index contributed by atoms with van der Waals surface area (Å²) in [6.45, 7) is 2.95. The highest BCUT2D eigenvalue weighted by Gasteiger charge is 2.19. The predicted molar refractivity (Wildman–Crippen MR) is 116 cm³/mol. The number of ether oxygens (including phenoxy) is 2. The van der Waals surface area contributed by atoms with Crippen LogP contribution in [0, 0.1) is 31.6 Å². The fourth-order valence-electron chi connectivity index (χ4n) is 3.21. The van der Waals surface area contributed by atoms with E-state index < -0.39 is 0 Å². The van der Waals surface area contributed by atoms with Crippen molar-refractivity contribution in [3.05, 3.63) is 91.3 Å². The van der Waals surface area contributed by atoms with Gasteiger partial charge in [0.1, 0.15) is 11.5 Å². The van der Waals surface area contributed by atoms with Gasteiger partial charge in [0.15, 0.2) is 0 Å². The van der Waals surface area contributed by atoms with Crippen molar-refractivity contribution in [3.63, 3.8) is 0 Å². The Balaban J connectivity index is 1.41. The minimum Gasteiger partial charge on any atom is -0.494 e. The van der Waals surface area contributed by atoms with Crippen molar-refractivity contribution < 1.29 is 14.3 Å². The molecule has 0 spiro atoms. The zero-order valence-corrected chi connectivity index (χ0v) is 17.1. The monoisotopic (exact) mass is 389 g/mol. The van der Waals surface area contributed by atoms with Gasteiger partial charge in [0, 0.05) is 5.92 Å². The molecule has 1 aliphatic rings. The SMILES string of the molecule is CCCCCCCCOc1ccc(OC(=O)c2ccc([C]3[CH][CH][CH][CH]3)cc2)cc1. The molecule has 2 aromatic rings. The van der Waals surface area contributed by atoms with Gasteiger partial charge in [-0.1, -0.05) is 51.2 Å². The van der Waals surface area contributed by atoms with E-state index in [2.05, 4.69) is 6.92 Å². The van der Waals surface area contributed by atoms with Gasteiger partial charge in [0.05, 0.1) is 12.2 Å². The fraction of sp³-hybridized carbons (Fsp3) is 0.308. The van der Waals surface area contributed by atoms with Crippen molar-refractivity contribution in [2.45, 2.75) is 45.4 Å². The van der Waals surface area contributed by atoms with Crippen LogP contribution in [0.5, 0.6) is 11.5 Å². The minimum atomic E-state index is -0.361. The molecule has 1 saturated carbocycles. The normalized spacial score (nSPS) is 14.1. The van der Waals surface area contributed by atoms with E-state index in [-0.39, 0.29) is 5.97 Å². The van der Waals surface area contributed by atoms with Crippen LogP contribution in [-0.4, -0.2) is 12.6 Å². The highest BCUT2D eigenvalue weighted by Crippen LogP contribution is 2.30. The average molecular weight is 390 g/mol. The molecule has 151 valence electrons. The lowest BCUT2D eigenvalue weighted by Gasteiger charge is -2.10. The number of carbonyl (C=O) groups excluding carboxylic acids is 1. The molecule has 0 atom stereocenters. The summed E-state index contributed by atoms with van der Waals surface area (Å²) in [4.78, 5) is 12.4. The summed E-state index contributed by atoms with van der Waals surface area (Å²) in [7, 11) is 0. The lowest BCUT2D eigenvalue weighted by atomic mass is 9.97. The zero-order chi connectivity index (χ0) is 20.3. The second kappa shape index (κ2) is 11.6. The van der Waals surface area contributed by atoms with Gasteiger partial charge in [0.25, 0.3) is 0 Å². The van der Waals surface area contributed by atoms with Gasteiger partial charge in [-0.2, -0.15) is 0 Å². The maximum Gasteiger partial charge on any atom is 0.343 e. The van der Waals surface area contributed by atoms with Gasteiger partial charge in [0.2, 0.25) is 0 Å². The highest BCUT2D eigenvalue weighted by molar-refractivity contribution is 5.91. The Hall–Kier alpha value is -2.29. The van der Waals surface area contributed by atoms with Gasteiger partial charge in [-0.05, 0) is 74.1 Å². The number of rotatable bonds is 11. The van der Waals surface area contributed by atoms with Crippen LogP contribution in [0.3, 0.4) is 0 Å². The van der Waals surface area contributed by atoms with E-state index in [1.807, 2.05) is 49.9 Å².